The van der Waals surface area contributed by atoms with E-state index in [1.54, 1.807) is 7.05 Å². The normalized spacial score (nSPS) is 19.6. The SMILES string of the molecule is CN1CCCCC1C(=O)NCc1c(F)c(F)cc(F)c1F. The zero-order chi connectivity index (χ0) is 15.6. The third-order valence-electron chi connectivity index (χ3n) is 3.72. The fourth-order valence-electron chi connectivity index (χ4n) is 2.48. The third-order valence-corrected chi connectivity index (χ3v) is 3.72. The minimum absolute atomic E-state index is 0.144. The molecule has 1 saturated heterocycles. The molecule has 1 N–H and O–H groups in total. The smallest absolute Gasteiger partial charge is 0.237 e. The van der Waals surface area contributed by atoms with Gasteiger partial charge in [-0.2, -0.15) is 0 Å². The maximum Gasteiger partial charge on any atom is 0.237 e. The monoisotopic (exact) mass is 304 g/mol. The molecule has 1 heterocycles. The second-order valence-electron chi connectivity index (χ2n) is 5.16. The highest BCUT2D eigenvalue weighted by molar-refractivity contribution is 5.81. The highest BCUT2D eigenvalue weighted by Crippen LogP contribution is 2.20. The molecule has 1 fully saturated rings. The zero-order valence-electron chi connectivity index (χ0n) is 11.6. The number of amides is 1. The number of hydrogen-bond donors (Lipinski definition) is 1. The lowest BCUT2D eigenvalue weighted by Gasteiger charge is -2.31. The van der Waals surface area contributed by atoms with E-state index in [-0.39, 0.29) is 12.1 Å². The lowest BCUT2D eigenvalue weighted by Crippen LogP contribution is -2.47. The molecule has 0 aromatic heterocycles. The summed E-state index contributed by atoms with van der Waals surface area (Å²) in [5.74, 6) is -6.32. The van der Waals surface area contributed by atoms with Crippen LogP contribution in [-0.4, -0.2) is 30.4 Å². The topological polar surface area (TPSA) is 32.3 Å². The molecule has 7 heteroatoms. The van der Waals surface area contributed by atoms with Gasteiger partial charge >= 0.3 is 0 Å². The predicted molar refractivity (Wildman–Crippen MR) is 68.4 cm³/mol. The molecule has 3 nitrogen and oxygen atoms in total. The Morgan fingerprint density at radius 2 is 1.86 bits per heavy atom. The molecule has 0 aliphatic carbocycles. The molecule has 1 amide bonds. The number of piperidine rings is 1. The van der Waals surface area contributed by atoms with Crippen LogP contribution in [0.15, 0.2) is 6.07 Å². The molecule has 0 bridgehead atoms. The van der Waals surface area contributed by atoms with Gasteiger partial charge < -0.3 is 5.32 Å². The van der Waals surface area contributed by atoms with Crippen LogP contribution in [0.1, 0.15) is 24.8 Å². The summed E-state index contributed by atoms with van der Waals surface area (Å²) in [4.78, 5) is 13.8. The molecule has 0 saturated carbocycles. The Kier molecular flexibility index (Phi) is 4.82. The summed E-state index contributed by atoms with van der Waals surface area (Å²) in [6.45, 7) is 0.172. The maximum atomic E-state index is 13.5. The second kappa shape index (κ2) is 6.43. The van der Waals surface area contributed by atoms with Crippen molar-refractivity contribution in [2.75, 3.05) is 13.6 Å². The van der Waals surface area contributed by atoms with E-state index in [0.717, 1.165) is 19.4 Å². The number of halogens is 4. The molecule has 1 aromatic rings. The van der Waals surface area contributed by atoms with Crippen molar-refractivity contribution >= 4 is 5.91 Å². The average molecular weight is 304 g/mol. The van der Waals surface area contributed by atoms with Gasteiger partial charge in [0, 0.05) is 18.2 Å². The Morgan fingerprint density at radius 1 is 1.24 bits per heavy atom. The van der Waals surface area contributed by atoms with Gasteiger partial charge in [0.15, 0.2) is 23.3 Å². The molecule has 1 unspecified atom stereocenters. The van der Waals surface area contributed by atoms with Crippen molar-refractivity contribution in [1.82, 2.24) is 10.2 Å². The molecule has 2 rings (SSSR count). The van der Waals surface area contributed by atoms with E-state index in [1.165, 1.54) is 0 Å². The van der Waals surface area contributed by atoms with Crippen LogP contribution in [0.3, 0.4) is 0 Å². The van der Waals surface area contributed by atoms with E-state index in [2.05, 4.69) is 5.32 Å². The largest absolute Gasteiger partial charge is 0.350 e. The molecule has 0 spiro atoms. The Hall–Kier alpha value is -1.63. The van der Waals surface area contributed by atoms with Crippen LogP contribution in [0.25, 0.3) is 0 Å². The zero-order valence-corrected chi connectivity index (χ0v) is 11.6. The average Bonchev–Trinajstić information content (AvgIpc) is 2.45. The highest BCUT2D eigenvalue weighted by atomic mass is 19.2. The van der Waals surface area contributed by atoms with E-state index in [4.69, 9.17) is 0 Å². The molecule has 0 radical (unpaired) electrons. The highest BCUT2D eigenvalue weighted by Gasteiger charge is 2.26. The van der Waals surface area contributed by atoms with Gasteiger partial charge in [-0.1, -0.05) is 6.42 Å². The summed E-state index contributed by atoms with van der Waals surface area (Å²) >= 11 is 0. The van der Waals surface area contributed by atoms with E-state index in [1.807, 2.05) is 4.90 Å². The number of likely N-dealkylation sites (tertiary alicyclic amines) is 1. The first-order valence-corrected chi connectivity index (χ1v) is 6.71. The van der Waals surface area contributed by atoms with Gasteiger partial charge in [0.2, 0.25) is 5.91 Å². The molecule has 1 aliphatic heterocycles. The first kappa shape index (κ1) is 15.8. The fraction of sp³-hybridized carbons (Fsp3) is 0.500. The number of nitrogens with zero attached hydrogens (tertiary/aromatic N) is 1. The van der Waals surface area contributed by atoms with E-state index >= 15 is 0 Å². The van der Waals surface area contributed by atoms with E-state index < -0.39 is 41.3 Å². The van der Waals surface area contributed by atoms with E-state index in [9.17, 15) is 22.4 Å². The van der Waals surface area contributed by atoms with Crippen molar-refractivity contribution < 1.29 is 22.4 Å². The minimum atomic E-state index is -1.48. The van der Waals surface area contributed by atoms with Crippen LogP contribution < -0.4 is 5.32 Å². The standard InChI is InChI=1S/C14H16F4N2O/c1-20-5-3-2-4-11(20)14(21)19-7-8-12(17)9(15)6-10(16)13(8)18/h6,11H,2-5,7H2,1H3,(H,19,21). The van der Waals surface area contributed by atoms with Crippen molar-refractivity contribution in [3.8, 4) is 0 Å². The summed E-state index contributed by atoms with van der Waals surface area (Å²) in [6.07, 6.45) is 2.52. The van der Waals surface area contributed by atoms with Crippen LogP contribution in [0, 0.1) is 23.3 Å². The van der Waals surface area contributed by atoms with Gasteiger partial charge in [-0.15, -0.1) is 0 Å². The molecular formula is C14H16F4N2O. The summed E-state index contributed by atoms with van der Waals surface area (Å²) in [6, 6.07) is -0.242. The lowest BCUT2D eigenvalue weighted by atomic mass is 10.0. The number of likely N-dealkylation sites (N-methyl/N-ethyl adjacent to an activating group) is 1. The number of hydrogen-bond acceptors (Lipinski definition) is 2. The first-order valence-electron chi connectivity index (χ1n) is 6.71. The molecule has 116 valence electrons. The second-order valence-corrected chi connectivity index (χ2v) is 5.16. The first-order chi connectivity index (χ1) is 9.91. The van der Waals surface area contributed by atoms with Crippen molar-refractivity contribution in [2.24, 2.45) is 0 Å². The van der Waals surface area contributed by atoms with Gasteiger partial charge in [-0.3, -0.25) is 9.69 Å². The predicted octanol–water partition coefficient (Wildman–Crippen LogP) is 2.34. The van der Waals surface area contributed by atoms with Gasteiger partial charge in [-0.25, -0.2) is 17.6 Å². The Morgan fingerprint density at radius 3 is 2.43 bits per heavy atom. The summed E-state index contributed by atoms with van der Waals surface area (Å²) in [5, 5.41) is 2.34. The summed E-state index contributed by atoms with van der Waals surface area (Å²) in [5.41, 5.74) is -0.806. The number of carbonyl (C=O) groups excluding carboxylic acids is 1. The third kappa shape index (κ3) is 3.34. The number of carbonyl (C=O) groups is 1. The van der Waals surface area contributed by atoms with Crippen LogP contribution in [0.4, 0.5) is 17.6 Å². The Balaban J connectivity index is 2.08. The molecule has 21 heavy (non-hydrogen) atoms. The molecular weight excluding hydrogens is 288 g/mol. The van der Waals surface area contributed by atoms with Crippen LogP contribution in [-0.2, 0) is 11.3 Å². The number of benzene rings is 1. The Bertz CT molecular complexity index is 524. The molecule has 1 aliphatic rings. The van der Waals surface area contributed by atoms with Gasteiger partial charge in [0.05, 0.1) is 6.04 Å². The quantitative estimate of drug-likeness (QED) is 0.687. The van der Waals surface area contributed by atoms with Gasteiger partial charge in [0.1, 0.15) is 0 Å². The van der Waals surface area contributed by atoms with Crippen LogP contribution in [0.5, 0.6) is 0 Å². The molecule has 1 atom stereocenters. The summed E-state index contributed by atoms with van der Waals surface area (Å²) < 4.78 is 53.1. The maximum absolute atomic E-state index is 13.5. The summed E-state index contributed by atoms with van der Waals surface area (Å²) in [7, 11) is 1.78. The van der Waals surface area contributed by atoms with Crippen molar-refractivity contribution in [2.45, 2.75) is 31.8 Å². The minimum Gasteiger partial charge on any atom is -0.350 e. The van der Waals surface area contributed by atoms with Crippen LogP contribution in [0.2, 0.25) is 0 Å². The van der Waals surface area contributed by atoms with Crippen LogP contribution >= 0.6 is 0 Å². The lowest BCUT2D eigenvalue weighted by molar-refractivity contribution is -0.127. The van der Waals surface area contributed by atoms with Gasteiger partial charge in [-0.05, 0) is 26.4 Å². The Labute approximate surface area is 119 Å². The number of nitrogens with one attached hydrogen (secondary N) is 1. The number of rotatable bonds is 3. The molecule has 1 aromatic carbocycles. The van der Waals surface area contributed by atoms with Gasteiger partial charge in [0.25, 0.3) is 0 Å². The van der Waals surface area contributed by atoms with Crippen molar-refractivity contribution in [3.63, 3.8) is 0 Å². The fourth-order valence-corrected chi connectivity index (χ4v) is 2.48. The van der Waals surface area contributed by atoms with Crippen molar-refractivity contribution in [3.05, 3.63) is 34.9 Å². The van der Waals surface area contributed by atoms with Crippen molar-refractivity contribution in [1.29, 1.82) is 0 Å². The van der Waals surface area contributed by atoms with E-state index in [0.29, 0.717) is 6.42 Å².